The molecule has 0 bridgehead atoms. The molecule has 1 nitrogen and oxygen atoms in total. The van der Waals surface area contributed by atoms with Crippen LogP contribution in [0, 0.1) is 0 Å². The van der Waals surface area contributed by atoms with Crippen molar-refractivity contribution in [2.45, 2.75) is 38.5 Å². The predicted octanol–water partition coefficient (Wildman–Crippen LogP) is 13.3. The van der Waals surface area contributed by atoms with Gasteiger partial charge in [0, 0.05) is 47.9 Å². The topological polar surface area (TPSA) is 3.24 Å². The van der Waals surface area contributed by atoms with Crippen LogP contribution in [0.25, 0.3) is 53.2 Å². The number of thiophene rings is 1. The van der Waals surface area contributed by atoms with E-state index in [4.69, 9.17) is 0 Å². The van der Waals surface area contributed by atoms with Gasteiger partial charge in [-0.2, -0.15) is 0 Å². The minimum Gasteiger partial charge on any atom is -0.310 e. The highest BCUT2D eigenvalue weighted by atomic mass is 32.1. The van der Waals surface area contributed by atoms with E-state index >= 15 is 0 Å². The van der Waals surface area contributed by atoms with Gasteiger partial charge >= 0.3 is 0 Å². The van der Waals surface area contributed by atoms with Gasteiger partial charge in [-0.15, -0.1) is 11.3 Å². The zero-order chi connectivity index (χ0) is 32.4. The molecule has 10 rings (SSSR count). The van der Waals surface area contributed by atoms with E-state index in [2.05, 4.69) is 172 Å². The molecule has 0 atom stereocenters. The van der Waals surface area contributed by atoms with Crippen molar-refractivity contribution < 1.29 is 0 Å². The van der Waals surface area contributed by atoms with Crippen molar-refractivity contribution >= 4 is 59.3 Å². The number of fused-ring (bicyclic) bond motifs is 10. The Morgan fingerprint density at radius 1 is 0.438 bits per heavy atom. The van der Waals surface area contributed by atoms with Crippen molar-refractivity contribution in [3.05, 3.63) is 162 Å². The summed E-state index contributed by atoms with van der Waals surface area (Å²) in [5.74, 6) is 0. The Balaban J connectivity index is 1.24. The van der Waals surface area contributed by atoms with Crippen molar-refractivity contribution in [3.8, 4) is 22.3 Å². The summed E-state index contributed by atoms with van der Waals surface area (Å²) in [6.45, 7) is 9.45. The minimum absolute atomic E-state index is 0.0359. The first-order valence-electron chi connectivity index (χ1n) is 16.9. The molecule has 1 aromatic heterocycles. The fourth-order valence-corrected chi connectivity index (χ4v) is 9.96. The lowest BCUT2D eigenvalue weighted by Gasteiger charge is -2.30. The van der Waals surface area contributed by atoms with Crippen LogP contribution in [0.3, 0.4) is 0 Å². The molecule has 0 spiro atoms. The molecule has 48 heavy (non-hydrogen) atoms. The average Bonchev–Trinajstić information content (AvgIpc) is 3.66. The van der Waals surface area contributed by atoms with Crippen LogP contribution >= 0.6 is 11.3 Å². The van der Waals surface area contributed by atoms with Crippen LogP contribution in [-0.2, 0) is 10.8 Å². The lowest BCUT2D eigenvalue weighted by Crippen LogP contribution is -2.16. The molecule has 2 aliphatic carbocycles. The number of hydrogen-bond acceptors (Lipinski definition) is 2. The Hall–Kier alpha value is -5.18. The van der Waals surface area contributed by atoms with Gasteiger partial charge in [0.1, 0.15) is 0 Å². The van der Waals surface area contributed by atoms with E-state index in [0.29, 0.717) is 0 Å². The summed E-state index contributed by atoms with van der Waals surface area (Å²) < 4.78 is 2.64. The summed E-state index contributed by atoms with van der Waals surface area (Å²) in [5.41, 5.74) is 14.4. The largest absolute Gasteiger partial charge is 0.310 e. The molecular formula is C46H35NS. The van der Waals surface area contributed by atoms with Gasteiger partial charge in [0.2, 0.25) is 0 Å². The highest BCUT2D eigenvalue weighted by Gasteiger charge is 2.39. The second-order valence-electron chi connectivity index (χ2n) is 14.6. The first-order chi connectivity index (χ1) is 23.3. The van der Waals surface area contributed by atoms with Gasteiger partial charge in [0.25, 0.3) is 0 Å². The summed E-state index contributed by atoms with van der Waals surface area (Å²) in [6, 6.07) is 52.5. The predicted molar refractivity (Wildman–Crippen MR) is 207 cm³/mol. The van der Waals surface area contributed by atoms with Gasteiger partial charge < -0.3 is 4.90 Å². The number of rotatable bonds is 3. The molecule has 2 aliphatic rings. The Morgan fingerprint density at radius 2 is 1.02 bits per heavy atom. The van der Waals surface area contributed by atoms with E-state index in [-0.39, 0.29) is 10.8 Å². The molecule has 7 aromatic carbocycles. The second-order valence-corrected chi connectivity index (χ2v) is 15.7. The molecule has 0 radical (unpaired) electrons. The molecule has 0 amide bonds. The van der Waals surface area contributed by atoms with Crippen LogP contribution in [0.2, 0.25) is 0 Å². The van der Waals surface area contributed by atoms with Crippen molar-refractivity contribution in [2.24, 2.45) is 0 Å². The average molecular weight is 634 g/mol. The Kier molecular flexibility index (Phi) is 5.63. The molecule has 0 fully saturated rings. The first-order valence-corrected chi connectivity index (χ1v) is 17.8. The van der Waals surface area contributed by atoms with Crippen LogP contribution in [0.5, 0.6) is 0 Å². The van der Waals surface area contributed by atoms with Gasteiger partial charge in [0.15, 0.2) is 0 Å². The van der Waals surface area contributed by atoms with Crippen LogP contribution < -0.4 is 4.90 Å². The number of hydrogen-bond donors (Lipinski definition) is 0. The van der Waals surface area contributed by atoms with Gasteiger partial charge in [-0.25, -0.2) is 0 Å². The van der Waals surface area contributed by atoms with Gasteiger partial charge in [0.05, 0.1) is 5.69 Å². The van der Waals surface area contributed by atoms with E-state index in [1.54, 1.807) is 0 Å². The second kappa shape index (κ2) is 9.69. The Labute approximate surface area is 285 Å². The zero-order valence-corrected chi connectivity index (χ0v) is 28.5. The molecular weight excluding hydrogens is 599 g/mol. The number of benzene rings is 7. The Bertz CT molecular complexity index is 2630. The smallest absolute Gasteiger partial charge is 0.0543 e. The summed E-state index contributed by atoms with van der Waals surface area (Å²) >= 11 is 1.90. The maximum atomic E-state index is 2.52. The molecule has 0 saturated carbocycles. The summed E-state index contributed by atoms with van der Waals surface area (Å²) in [4.78, 5) is 2.52. The van der Waals surface area contributed by atoms with Crippen molar-refractivity contribution in [1.82, 2.24) is 0 Å². The van der Waals surface area contributed by atoms with E-state index in [0.717, 1.165) is 0 Å². The van der Waals surface area contributed by atoms with E-state index in [9.17, 15) is 0 Å². The minimum atomic E-state index is -0.0774. The number of anilines is 3. The monoisotopic (exact) mass is 633 g/mol. The molecule has 0 aliphatic heterocycles. The zero-order valence-electron chi connectivity index (χ0n) is 27.6. The normalized spacial score (nSPS) is 15.0. The van der Waals surface area contributed by atoms with Crippen LogP contribution in [-0.4, -0.2) is 0 Å². The lowest BCUT2D eigenvalue weighted by molar-refractivity contribution is 0.660. The fourth-order valence-electron chi connectivity index (χ4n) is 8.79. The van der Waals surface area contributed by atoms with E-state index in [1.165, 1.54) is 92.5 Å². The molecule has 8 aromatic rings. The molecule has 230 valence electrons. The van der Waals surface area contributed by atoms with Gasteiger partial charge in [-0.05, 0) is 92.2 Å². The molecule has 0 N–H and O–H groups in total. The maximum Gasteiger partial charge on any atom is 0.0543 e. The van der Waals surface area contributed by atoms with Crippen molar-refractivity contribution in [3.63, 3.8) is 0 Å². The first kappa shape index (κ1) is 27.9. The van der Waals surface area contributed by atoms with Gasteiger partial charge in [-0.3, -0.25) is 0 Å². The van der Waals surface area contributed by atoms with Crippen LogP contribution in [0.1, 0.15) is 49.9 Å². The van der Waals surface area contributed by atoms with E-state index in [1.807, 2.05) is 11.3 Å². The highest BCUT2D eigenvalue weighted by Crippen LogP contribution is 2.56. The quantitative estimate of drug-likeness (QED) is 0.187. The summed E-state index contributed by atoms with van der Waals surface area (Å²) in [6.07, 6.45) is 0. The van der Waals surface area contributed by atoms with Crippen LogP contribution in [0.4, 0.5) is 17.1 Å². The van der Waals surface area contributed by atoms with Gasteiger partial charge in [-0.1, -0.05) is 125 Å². The Morgan fingerprint density at radius 3 is 1.83 bits per heavy atom. The molecule has 0 unspecified atom stereocenters. The fraction of sp³-hybridized carbons (Fsp3) is 0.130. The highest BCUT2D eigenvalue weighted by molar-refractivity contribution is 7.25. The van der Waals surface area contributed by atoms with Crippen LogP contribution in [0.15, 0.2) is 140 Å². The number of nitrogens with zero attached hydrogens (tertiary/aromatic N) is 1. The molecule has 1 heterocycles. The lowest BCUT2D eigenvalue weighted by atomic mass is 9.82. The third-order valence-corrected chi connectivity index (χ3v) is 12.3. The third kappa shape index (κ3) is 3.72. The van der Waals surface area contributed by atoms with Crippen molar-refractivity contribution in [1.29, 1.82) is 0 Å². The standard InChI is InChI=1S/C46H35NS/c1-45(2)37-16-9-7-14-32(37)35-26-30(21-23-39(35)45)47(41-19-11-18-40-44(41)34-15-8-10-17-38(34)46(40,3)4)31-20-22-33-36-24-28-12-5-6-13-29(28)25-42(36)48-43(33)27-31/h5-27H,1-4H3. The SMILES string of the molecule is CC1(C)c2ccccc2-c2cc(N(c3ccc4c(c3)sc3cc5ccccc5cc34)c3cccc4c3-c3ccccc3C4(C)C)ccc21. The summed E-state index contributed by atoms with van der Waals surface area (Å²) in [7, 11) is 0. The maximum absolute atomic E-state index is 2.52. The molecule has 2 heteroatoms. The summed E-state index contributed by atoms with van der Waals surface area (Å²) in [5, 5.41) is 5.23. The van der Waals surface area contributed by atoms with Crippen molar-refractivity contribution in [2.75, 3.05) is 4.90 Å². The van der Waals surface area contributed by atoms with E-state index < -0.39 is 0 Å². The third-order valence-electron chi connectivity index (χ3n) is 11.2. The molecule has 0 saturated heterocycles.